The highest BCUT2D eigenvalue weighted by molar-refractivity contribution is 5.54. The number of aryl methyl sites for hydroxylation is 3. The highest BCUT2D eigenvalue weighted by atomic mass is 16.4. The number of aromatic nitrogens is 1. The molecule has 2 rings (SSSR count). The fourth-order valence-electron chi connectivity index (χ4n) is 1.91. The van der Waals surface area contributed by atoms with Gasteiger partial charge in [0.15, 0.2) is 0 Å². The first kappa shape index (κ1) is 11.9. The van der Waals surface area contributed by atoms with Gasteiger partial charge in [-0.05, 0) is 25.5 Å². The summed E-state index contributed by atoms with van der Waals surface area (Å²) in [5, 5.41) is 0. The molecule has 2 heteroatoms. The standard InChI is InChI=1S/C15H19NO/c1-4-6-13-14(5-2)17-15(16-13)12-9-7-11(3)8-10-12/h7-10H,4-6H2,1-3H3. The normalized spacial score (nSPS) is 10.8. The Morgan fingerprint density at radius 1 is 1.12 bits per heavy atom. The van der Waals surface area contributed by atoms with Gasteiger partial charge in [-0.25, -0.2) is 4.98 Å². The molecule has 0 unspecified atom stereocenters. The summed E-state index contributed by atoms with van der Waals surface area (Å²) in [4.78, 5) is 4.60. The lowest BCUT2D eigenvalue weighted by atomic mass is 10.1. The van der Waals surface area contributed by atoms with Gasteiger partial charge in [0.05, 0.1) is 5.69 Å². The molecule has 0 saturated carbocycles. The molecule has 0 saturated heterocycles. The second-order valence-corrected chi connectivity index (χ2v) is 4.36. The van der Waals surface area contributed by atoms with Crippen LogP contribution in [0.4, 0.5) is 0 Å². The van der Waals surface area contributed by atoms with Crippen molar-refractivity contribution >= 4 is 0 Å². The first-order valence-corrected chi connectivity index (χ1v) is 6.30. The van der Waals surface area contributed by atoms with Gasteiger partial charge in [0.2, 0.25) is 5.89 Å². The van der Waals surface area contributed by atoms with E-state index >= 15 is 0 Å². The summed E-state index contributed by atoms with van der Waals surface area (Å²) in [7, 11) is 0. The molecule has 17 heavy (non-hydrogen) atoms. The van der Waals surface area contributed by atoms with Crippen molar-refractivity contribution < 1.29 is 4.42 Å². The highest BCUT2D eigenvalue weighted by Crippen LogP contribution is 2.23. The summed E-state index contributed by atoms with van der Waals surface area (Å²) in [5.74, 6) is 1.78. The smallest absolute Gasteiger partial charge is 0.226 e. The Hall–Kier alpha value is -1.57. The number of oxazole rings is 1. The zero-order chi connectivity index (χ0) is 12.3. The minimum atomic E-state index is 0.755. The molecule has 0 radical (unpaired) electrons. The van der Waals surface area contributed by atoms with E-state index in [1.807, 2.05) is 0 Å². The lowest BCUT2D eigenvalue weighted by Crippen LogP contribution is -1.88. The van der Waals surface area contributed by atoms with Gasteiger partial charge >= 0.3 is 0 Å². The first-order chi connectivity index (χ1) is 8.24. The molecule has 0 aliphatic rings. The maximum absolute atomic E-state index is 5.83. The van der Waals surface area contributed by atoms with E-state index in [1.54, 1.807) is 0 Å². The van der Waals surface area contributed by atoms with Crippen LogP contribution in [0.25, 0.3) is 11.5 Å². The van der Waals surface area contributed by atoms with Crippen LogP contribution in [0.15, 0.2) is 28.7 Å². The van der Waals surface area contributed by atoms with Crippen LogP contribution in [0.3, 0.4) is 0 Å². The molecule has 0 N–H and O–H groups in total. The fraction of sp³-hybridized carbons (Fsp3) is 0.400. The molecule has 1 aromatic heterocycles. The van der Waals surface area contributed by atoms with Crippen molar-refractivity contribution in [1.29, 1.82) is 0 Å². The topological polar surface area (TPSA) is 26.0 Å². The van der Waals surface area contributed by atoms with Crippen LogP contribution in [-0.2, 0) is 12.8 Å². The predicted molar refractivity (Wildman–Crippen MR) is 70.0 cm³/mol. The number of benzene rings is 1. The minimum absolute atomic E-state index is 0.755. The van der Waals surface area contributed by atoms with Crippen LogP contribution < -0.4 is 0 Å². The van der Waals surface area contributed by atoms with E-state index in [4.69, 9.17) is 4.42 Å². The summed E-state index contributed by atoms with van der Waals surface area (Å²) in [5.41, 5.74) is 3.43. The zero-order valence-electron chi connectivity index (χ0n) is 10.8. The maximum Gasteiger partial charge on any atom is 0.226 e. The van der Waals surface area contributed by atoms with Gasteiger partial charge in [-0.2, -0.15) is 0 Å². The Labute approximate surface area is 103 Å². The third-order valence-corrected chi connectivity index (χ3v) is 2.88. The van der Waals surface area contributed by atoms with E-state index in [-0.39, 0.29) is 0 Å². The molecule has 1 heterocycles. The molecule has 0 aliphatic carbocycles. The van der Waals surface area contributed by atoms with Crippen LogP contribution in [0.5, 0.6) is 0 Å². The highest BCUT2D eigenvalue weighted by Gasteiger charge is 2.12. The third kappa shape index (κ3) is 2.57. The van der Waals surface area contributed by atoms with Crippen molar-refractivity contribution in [1.82, 2.24) is 4.98 Å². The van der Waals surface area contributed by atoms with Crippen molar-refractivity contribution in [3.63, 3.8) is 0 Å². The van der Waals surface area contributed by atoms with Crippen molar-refractivity contribution in [3.8, 4) is 11.5 Å². The van der Waals surface area contributed by atoms with Crippen LogP contribution in [0, 0.1) is 6.92 Å². The van der Waals surface area contributed by atoms with Gasteiger partial charge in [0, 0.05) is 12.0 Å². The number of hydrogen-bond acceptors (Lipinski definition) is 2. The van der Waals surface area contributed by atoms with E-state index in [0.717, 1.165) is 42.2 Å². The average molecular weight is 229 g/mol. The SMILES string of the molecule is CCCc1nc(-c2ccc(C)cc2)oc1CC. The van der Waals surface area contributed by atoms with E-state index in [2.05, 4.69) is 50.0 Å². The number of rotatable bonds is 4. The molecular weight excluding hydrogens is 210 g/mol. The molecule has 2 nitrogen and oxygen atoms in total. The second kappa shape index (κ2) is 5.17. The first-order valence-electron chi connectivity index (χ1n) is 6.30. The van der Waals surface area contributed by atoms with Crippen LogP contribution in [-0.4, -0.2) is 4.98 Å². The van der Waals surface area contributed by atoms with Crippen molar-refractivity contribution in [3.05, 3.63) is 41.3 Å². The van der Waals surface area contributed by atoms with Crippen LogP contribution in [0.1, 0.15) is 37.3 Å². The number of hydrogen-bond donors (Lipinski definition) is 0. The van der Waals surface area contributed by atoms with Gasteiger partial charge in [0.25, 0.3) is 0 Å². The van der Waals surface area contributed by atoms with Gasteiger partial charge in [-0.1, -0.05) is 38.0 Å². The summed E-state index contributed by atoms with van der Waals surface area (Å²) >= 11 is 0. The Balaban J connectivity index is 2.35. The van der Waals surface area contributed by atoms with E-state index < -0.39 is 0 Å². The second-order valence-electron chi connectivity index (χ2n) is 4.36. The van der Waals surface area contributed by atoms with E-state index in [1.165, 1.54) is 5.56 Å². The monoisotopic (exact) mass is 229 g/mol. The average Bonchev–Trinajstić information content (AvgIpc) is 2.74. The molecule has 0 spiro atoms. The Morgan fingerprint density at radius 3 is 2.41 bits per heavy atom. The lowest BCUT2D eigenvalue weighted by Gasteiger charge is -1.95. The van der Waals surface area contributed by atoms with Crippen LogP contribution >= 0.6 is 0 Å². The Bertz CT molecular complexity index is 482. The summed E-state index contributed by atoms with van der Waals surface area (Å²) in [6.07, 6.45) is 3.01. The quantitative estimate of drug-likeness (QED) is 0.786. The third-order valence-electron chi connectivity index (χ3n) is 2.88. The van der Waals surface area contributed by atoms with Gasteiger partial charge in [0.1, 0.15) is 5.76 Å². The van der Waals surface area contributed by atoms with E-state index in [9.17, 15) is 0 Å². The summed E-state index contributed by atoms with van der Waals surface area (Å²) in [6, 6.07) is 8.31. The van der Waals surface area contributed by atoms with E-state index in [0.29, 0.717) is 0 Å². The Kier molecular flexibility index (Phi) is 3.62. The van der Waals surface area contributed by atoms with Crippen molar-refractivity contribution in [2.24, 2.45) is 0 Å². The molecule has 2 aromatic rings. The molecule has 0 fully saturated rings. The minimum Gasteiger partial charge on any atom is -0.441 e. The van der Waals surface area contributed by atoms with Gasteiger partial charge < -0.3 is 4.42 Å². The predicted octanol–water partition coefficient (Wildman–Crippen LogP) is 4.16. The molecular formula is C15H19NO. The largest absolute Gasteiger partial charge is 0.441 e. The van der Waals surface area contributed by atoms with Crippen molar-refractivity contribution in [2.45, 2.75) is 40.0 Å². The van der Waals surface area contributed by atoms with Crippen LogP contribution in [0.2, 0.25) is 0 Å². The molecule has 0 aliphatic heterocycles. The van der Waals surface area contributed by atoms with Gasteiger partial charge in [-0.3, -0.25) is 0 Å². The fourth-order valence-corrected chi connectivity index (χ4v) is 1.91. The molecule has 0 bridgehead atoms. The molecule has 90 valence electrons. The zero-order valence-corrected chi connectivity index (χ0v) is 10.8. The summed E-state index contributed by atoms with van der Waals surface area (Å²) in [6.45, 7) is 6.36. The van der Waals surface area contributed by atoms with Gasteiger partial charge in [-0.15, -0.1) is 0 Å². The molecule has 0 atom stereocenters. The lowest BCUT2D eigenvalue weighted by molar-refractivity contribution is 0.520. The Morgan fingerprint density at radius 2 is 1.82 bits per heavy atom. The molecule has 0 amide bonds. The molecule has 1 aromatic carbocycles. The van der Waals surface area contributed by atoms with Crippen molar-refractivity contribution in [2.75, 3.05) is 0 Å². The number of nitrogens with zero attached hydrogens (tertiary/aromatic N) is 1. The maximum atomic E-state index is 5.83. The summed E-state index contributed by atoms with van der Waals surface area (Å²) < 4.78 is 5.83.